The number of carbonyl (C=O) groups excluding carboxylic acids is 1. The first-order chi connectivity index (χ1) is 11.6. The van der Waals surface area contributed by atoms with Gasteiger partial charge in [0.05, 0.1) is 18.8 Å². The Morgan fingerprint density at radius 2 is 2.25 bits per heavy atom. The number of aromatic nitrogens is 3. The highest BCUT2D eigenvalue weighted by Gasteiger charge is 2.22. The maximum atomic E-state index is 12.4. The molecule has 1 N–H and O–H groups in total. The number of nitrogens with zero attached hydrogens (tertiary/aromatic N) is 5. The highest BCUT2D eigenvalue weighted by Crippen LogP contribution is 2.18. The second kappa shape index (κ2) is 7.04. The zero-order chi connectivity index (χ0) is 17.1. The minimum absolute atomic E-state index is 0.00492. The third kappa shape index (κ3) is 3.43. The summed E-state index contributed by atoms with van der Waals surface area (Å²) in [5.41, 5.74) is 0. The Morgan fingerprint density at radius 1 is 1.42 bits per heavy atom. The second-order valence-corrected chi connectivity index (χ2v) is 6.32. The van der Waals surface area contributed by atoms with Crippen molar-refractivity contribution in [2.45, 2.75) is 32.0 Å². The number of urea groups is 1. The molecule has 2 aromatic heterocycles. The van der Waals surface area contributed by atoms with Gasteiger partial charge in [-0.25, -0.2) is 4.79 Å². The molecule has 24 heavy (non-hydrogen) atoms. The fraction of sp³-hybridized carbons (Fsp3) is 0.562. The molecule has 2 amide bonds. The molecule has 130 valence electrons. The van der Waals surface area contributed by atoms with E-state index >= 15 is 0 Å². The topological polar surface area (TPSA) is 79.4 Å². The van der Waals surface area contributed by atoms with Crippen LogP contribution in [0, 0.1) is 0 Å². The number of fused-ring (bicyclic) bond motifs is 1. The summed E-state index contributed by atoms with van der Waals surface area (Å²) in [5, 5.41) is 11.3. The Labute approximate surface area is 141 Å². The van der Waals surface area contributed by atoms with Gasteiger partial charge >= 0.3 is 6.03 Å². The van der Waals surface area contributed by atoms with Crippen molar-refractivity contribution >= 4 is 6.03 Å². The van der Waals surface area contributed by atoms with Crippen molar-refractivity contribution in [2.75, 3.05) is 27.7 Å². The van der Waals surface area contributed by atoms with E-state index in [4.69, 9.17) is 4.42 Å². The van der Waals surface area contributed by atoms with Crippen molar-refractivity contribution in [3.8, 4) is 0 Å². The maximum absolute atomic E-state index is 12.4. The fourth-order valence-electron chi connectivity index (χ4n) is 2.95. The van der Waals surface area contributed by atoms with Gasteiger partial charge in [-0.1, -0.05) is 0 Å². The molecule has 2 aromatic rings. The summed E-state index contributed by atoms with van der Waals surface area (Å²) in [5.74, 6) is 2.69. The number of hydrogen-bond acceptors (Lipinski definition) is 5. The van der Waals surface area contributed by atoms with Crippen molar-refractivity contribution in [1.82, 2.24) is 29.9 Å². The van der Waals surface area contributed by atoms with Gasteiger partial charge in [0.25, 0.3) is 0 Å². The minimum Gasteiger partial charge on any atom is -0.468 e. The van der Waals surface area contributed by atoms with E-state index in [-0.39, 0.29) is 12.1 Å². The fourth-order valence-corrected chi connectivity index (χ4v) is 2.95. The number of nitrogens with one attached hydrogen (secondary N) is 1. The van der Waals surface area contributed by atoms with Crippen molar-refractivity contribution < 1.29 is 9.21 Å². The van der Waals surface area contributed by atoms with Gasteiger partial charge in [0.2, 0.25) is 0 Å². The predicted molar refractivity (Wildman–Crippen MR) is 88.3 cm³/mol. The molecule has 1 aliphatic rings. The van der Waals surface area contributed by atoms with E-state index in [0.717, 1.165) is 36.8 Å². The quantitative estimate of drug-likeness (QED) is 0.861. The Kier molecular flexibility index (Phi) is 4.84. The monoisotopic (exact) mass is 332 g/mol. The van der Waals surface area contributed by atoms with Crippen molar-refractivity contribution in [1.29, 1.82) is 0 Å². The second-order valence-electron chi connectivity index (χ2n) is 6.32. The van der Waals surface area contributed by atoms with Gasteiger partial charge in [0, 0.05) is 26.6 Å². The van der Waals surface area contributed by atoms with Gasteiger partial charge in [-0.2, -0.15) is 0 Å². The van der Waals surface area contributed by atoms with Crippen LogP contribution in [0.15, 0.2) is 22.8 Å². The van der Waals surface area contributed by atoms with Gasteiger partial charge in [0.15, 0.2) is 5.82 Å². The molecule has 1 aliphatic heterocycles. The molecule has 3 heterocycles. The van der Waals surface area contributed by atoms with Gasteiger partial charge in [-0.3, -0.25) is 4.90 Å². The largest absolute Gasteiger partial charge is 0.468 e. The lowest BCUT2D eigenvalue weighted by Gasteiger charge is -2.24. The summed E-state index contributed by atoms with van der Waals surface area (Å²) < 4.78 is 7.56. The first-order valence-electron chi connectivity index (χ1n) is 8.16. The molecule has 0 saturated heterocycles. The molecule has 0 saturated carbocycles. The minimum atomic E-state index is -0.135. The van der Waals surface area contributed by atoms with Crippen LogP contribution in [-0.2, 0) is 19.5 Å². The molecule has 0 aliphatic carbocycles. The van der Waals surface area contributed by atoms with E-state index in [1.54, 1.807) is 18.2 Å². The summed E-state index contributed by atoms with van der Waals surface area (Å²) in [7, 11) is 5.69. The molecule has 0 spiro atoms. The summed E-state index contributed by atoms with van der Waals surface area (Å²) in [6, 6.07) is 3.63. The molecule has 3 rings (SSSR count). The Bertz CT molecular complexity index is 679. The van der Waals surface area contributed by atoms with Crippen LogP contribution >= 0.6 is 0 Å². The van der Waals surface area contributed by atoms with Crippen LogP contribution in [0.4, 0.5) is 4.79 Å². The first kappa shape index (κ1) is 16.5. The molecule has 0 aromatic carbocycles. The van der Waals surface area contributed by atoms with Crippen molar-refractivity contribution in [3.63, 3.8) is 0 Å². The van der Waals surface area contributed by atoms with Crippen LogP contribution in [-0.4, -0.2) is 58.3 Å². The molecule has 8 nitrogen and oxygen atoms in total. The van der Waals surface area contributed by atoms with Gasteiger partial charge in [0.1, 0.15) is 11.6 Å². The van der Waals surface area contributed by atoms with Gasteiger partial charge < -0.3 is 19.2 Å². The van der Waals surface area contributed by atoms with Crippen LogP contribution < -0.4 is 5.32 Å². The number of rotatable bonds is 6. The average Bonchev–Trinajstić information content (AvgIpc) is 3.26. The molecule has 0 fully saturated rings. The lowest BCUT2D eigenvalue weighted by atomic mass is 10.2. The normalized spacial score (nSPS) is 14.7. The van der Waals surface area contributed by atoms with Crippen LogP contribution in [0.2, 0.25) is 0 Å². The molecule has 0 unspecified atom stereocenters. The summed E-state index contributed by atoms with van der Waals surface area (Å²) in [4.78, 5) is 16.0. The molecule has 0 radical (unpaired) electrons. The third-order valence-electron chi connectivity index (χ3n) is 4.35. The molecular weight excluding hydrogens is 308 g/mol. The predicted octanol–water partition coefficient (Wildman–Crippen LogP) is 1.26. The Balaban J connectivity index is 1.56. The maximum Gasteiger partial charge on any atom is 0.317 e. The lowest BCUT2D eigenvalue weighted by Crippen LogP contribution is -2.41. The van der Waals surface area contributed by atoms with Crippen molar-refractivity contribution in [2.24, 2.45) is 0 Å². The number of hydrogen-bond donors (Lipinski definition) is 1. The van der Waals surface area contributed by atoms with E-state index in [0.29, 0.717) is 13.1 Å². The molecule has 0 bridgehead atoms. The highest BCUT2D eigenvalue weighted by molar-refractivity contribution is 5.73. The van der Waals surface area contributed by atoms with E-state index in [2.05, 4.69) is 20.1 Å². The number of likely N-dealkylation sites (N-methyl/N-ethyl adjacent to an activating group) is 1. The van der Waals surface area contributed by atoms with E-state index in [9.17, 15) is 4.79 Å². The van der Waals surface area contributed by atoms with Crippen LogP contribution in [0.5, 0.6) is 0 Å². The SMILES string of the molecule is CN(Cc1nnc2n1CCC2)C(=O)NC[C@H](c1ccco1)N(C)C. The Morgan fingerprint density at radius 3 is 2.96 bits per heavy atom. The number of aryl methyl sites for hydroxylation is 1. The van der Waals surface area contributed by atoms with E-state index < -0.39 is 0 Å². The zero-order valence-corrected chi connectivity index (χ0v) is 14.4. The van der Waals surface area contributed by atoms with E-state index in [1.165, 1.54) is 0 Å². The summed E-state index contributed by atoms with van der Waals surface area (Å²) >= 11 is 0. The van der Waals surface area contributed by atoms with Crippen LogP contribution in [0.3, 0.4) is 0 Å². The van der Waals surface area contributed by atoms with Crippen LogP contribution in [0.25, 0.3) is 0 Å². The first-order valence-corrected chi connectivity index (χ1v) is 8.16. The molecule has 1 atom stereocenters. The third-order valence-corrected chi connectivity index (χ3v) is 4.35. The summed E-state index contributed by atoms with van der Waals surface area (Å²) in [6.45, 7) is 1.86. The lowest BCUT2D eigenvalue weighted by molar-refractivity contribution is 0.195. The standard InChI is InChI=1S/C16H24N6O2/c1-20(2)12(13-6-5-9-24-13)10-17-16(23)21(3)11-15-19-18-14-7-4-8-22(14)15/h5-6,9,12H,4,7-8,10-11H2,1-3H3,(H,17,23)/t12-/m1/s1. The van der Waals surface area contributed by atoms with Crippen LogP contribution in [0.1, 0.15) is 29.9 Å². The number of furan rings is 1. The summed E-state index contributed by atoms with van der Waals surface area (Å²) in [6.07, 6.45) is 3.71. The molecule has 8 heteroatoms. The average molecular weight is 332 g/mol. The van der Waals surface area contributed by atoms with E-state index in [1.807, 2.05) is 31.1 Å². The van der Waals surface area contributed by atoms with Crippen molar-refractivity contribution in [3.05, 3.63) is 35.8 Å². The Hall–Kier alpha value is -2.35. The number of carbonyl (C=O) groups is 1. The smallest absolute Gasteiger partial charge is 0.317 e. The van der Waals surface area contributed by atoms with Gasteiger partial charge in [-0.05, 0) is 32.6 Å². The number of amides is 2. The zero-order valence-electron chi connectivity index (χ0n) is 14.4. The molecular formula is C16H24N6O2. The highest BCUT2D eigenvalue weighted by atomic mass is 16.3. The van der Waals surface area contributed by atoms with Gasteiger partial charge in [-0.15, -0.1) is 10.2 Å².